The van der Waals surface area contributed by atoms with Crippen molar-refractivity contribution in [2.24, 2.45) is 0 Å². The van der Waals surface area contributed by atoms with E-state index in [1.165, 1.54) is 37.5 Å². The van der Waals surface area contributed by atoms with E-state index in [2.05, 4.69) is 0 Å². The molecule has 1 aliphatic heterocycles. The number of hydrogen-bond donors (Lipinski definition) is 3. The summed E-state index contributed by atoms with van der Waals surface area (Å²) in [5.41, 5.74) is 0.963. The lowest BCUT2D eigenvalue weighted by molar-refractivity contribution is -0.127. The van der Waals surface area contributed by atoms with Crippen LogP contribution in [0.2, 0.25) is 0 Å². The molecule has 3 rings (SSSR count). The van der Waals surface area contributed by atoms with E-state index in [1.807, 2.05) is 6.07 Å². The molecular weight excluding hydrogens is 400 g/mol. The highest BCUT2D eigenvalue weighted by atomic mass is 16.5. The summed E-state index contributed by atoms with van der Waals surface area (Å²) in [5.74, 6) is -1.37. The quantitative estimate of drug-likeness (QED) is 0.635. The lowest BCUT2D eigenvalue weighted by atomic mass is 10.0. The number of methoxy groups -OCH3 is 1. The first kappa shape index (κ1) is 22.3. The maximum Gasteiger partial charge on any atom is 0.343 e. The number of carbonyl (C=O) groups excluding carboxylic acids is 2. The monoisotopic (exact) mass is 424 g/mol. The molecule has 0 radical (unpaired) electrons. The number of esters is 1. The van der Waals surface area contributed by atoms with Gasteiger partial charge in [-0.05, 0) is 29.7 Å². The van der Waals surface area contributed by atoms with E-state index in [1.54, 1.807) is 30.3 Å². The fraction of sp³-hybridized carbons (Fsp3) is 0.250. The van der Waals surface area contributed by atoms with E-state index in [9.17, 15) is 24.9 Å². The van der Waals surface area contributed by atoms with Crippen molar-refractivity contribution < 1.29 is 34.4 Å². The van der Waals surface area contributed by atoms with Gasteiger partial charge in [0.25, 0.3) is 0 Å². The summed E-state index contributed by atoms with van der Waals surface area (Å²) in [6.07, 6.45) is 2.13. The zero-order chi connectivity index (χ0) is 22.4. The normalized spacial score (nSPS) is 24.4. The number of ether oxygens (including phenoxy) is 2. The Morgan fingerprint density at radius 2 is 1.71 bits per heavy atom. The first-order valence-corrected chi connectivity index (χ1v) is 9.80. The number of phenolic OH excluding ortho intramolecular Hbond substituents is 1. The smallest absolute Gasteiger partial charge is 0.343 e. The Morgan fingerprint density at radius 1 is 1.00 bits per heavy atom. The number of rotatable bonds is 2. The van der Waals surface area contributed by atoms with Gasteiger partial charge in [0, 0.05) is 12.5 Å². The number of aliphatic hydroxyl groups is 2. The van der Waals surface area contributed by atoms with E-state index in [0.717, 1.165) is 0 Å². The maximum absolute atomic E-state index is 13.0. The first-order valence-electron chi connectivity index (χ1n) is 9.80. The van der Waals surface area contributed by atoms with Crippen LogP contribution in [0.3, 0.4) is 0 Å². The minimum atomic E-state index is -1.58. The number of carbonyl (C=O) groups is 2. The van der Waals surface area contributed by atoms with Crippen LogP contribution < -0.4 is 4.74 Å². The van der Waals surface area contributed by atoms with E-state index in [-0.39, 0.29) is 24.2 Å². The van der Waals surface area contributed by atoms with Gasteiger partial charge in [-0.25, -0.2) is 4.79 Å². The summed E-state index contributed by atoms with van der Waals surface area (Å²) < 4.78 is 10.9. The lowest BCUT2D eigenvalue weighted by Crippen LogP contribution is -2.32. The average molecular weight is 424 g/mol. The molecule has 1 aliphatic rings. The van der Waals surface area contributed by atoms with Gasteiger partial charge in [0.05, 0.1) is 13.2 Å². The Labute approximate surface area is 179 Å². The molecule has 3 atom stereocenters. The van der Waals surface area contributed by atoms with Gasteiger partial charge in [-0.3, -0.25) is 4.79 Å². The average Bonchev–Trinajstić information content (AvgIpc) is 2.77. The number of phenols is 1. The standard InChI is InChI=1S/C24H24O7/c1-30-17-13-16-9-5-10-18(25)23(28)19(26)11-6-12-21(15-7-3-2-4-8-15)31-24(29)22(16)20(27)14-17/h2-9,11,13-14,18,21,23,25,27-28H,10,12H2,1H3/b9-5+,11-6-/t18-,21?,23-/m0/s1. The topological polar surface area (TPSA) is 113 Å². The van der Waals surface area contributed by atoms with Gasteiger partial charge < -0.3 is 24.8 Å². The lowest BCUT2D eigenvalue weighted by Gasteiger charge is -2.19. The molecular formula is C24H24O7. The van der Waals surface area contributed by atoms with Gasteiger partial charge in [-0.2, -0.15) is 0 Å². The van der Waals surface area contributed by atoms with Gasteiger partial charge in [-0.15, -0.1) is 0 Å². The van der Waals surface area contributed by atoms with E-state index in [0.29, 0.717) is 16.9 Å². The molecule has 0 saturated heterocycles. The molecule has 7 heteroatoms. The van der Waals surface area contributed by atoms with Crippen LogP contribution in [-0.4, -0.2) is 46.4 Å². The molecule has 0 bridgehead atoms. The largest absolute Gasteiger partial charge is 0.507 e. The molecule has 3 N–H and O–H groups in total. The van der Waals surface area contributed by atoms with Crippen LogP contribution >= 0.6 is 0 Å². The number of benzene rings is 2. The highest BCUT2D eigenvalue weighted by Gasteiger charge is 2.25. The Hall–Kier alpha value is -3.42. The molecule has 7 nitrogen and oxygen atoms in total. The Morgan fingerprint density at radius 3 is 2.42 bits per heavy atom. The van der Waals surface area contributed by atoms with Crippen LogP contribution in [0.5, 0.6) is 11.5 Å². The van der Waals surface area contributed by atoms with Gasteiger partial charge in [-0.1, -0.05) is 48.6 Å². The second-order valence-electron chi connectivity index (χ2n) is 7.11. The Balaban J connectivity index is 2.07. The second-order valence-corrected chi connectivity index (χ2v) is 7.11. The summed E-state index contributed by atoms with van der Waals surface area (Å²) >= 11 is 0. The Bertz CT molecular complexity index is 994. The van der Waals surface area contributed by atoms with Gasteiger partial charge in [0.15, 0.2) is 5.78 Å². The molecule has 0 saturated carbocycles. The number of ketones is 1. The third-order valence-electron chi connectivity index (χ3n) is 4.95. The van der Waals surface area contributed by atoms with Crippen molar-refractivity contribution in [2.45, 2.75) is 31.2 Å². The van der Waals surface area contributed by atoms with Crippen molar-refractivity contribution in [1.29, 1.82) is 0 Å². The molecule has 1 heterocycles. The molecule has 1 unspecified atom stereocenters. The van der Waals surface area contributed by atoms with Crippen LogP contribution in [0.1, 0.15) is 40.4 Å². The number of aromatic hydroxyl groups is 1. The molecule has 31 heavy (non-hydrogen) atoms. The van der Waals surface area contributed by atoms with Crippen molar-refractivity contribution in [3.63, 3.8) is 0 Å². The van der Waals surface area contributed by atoms with Gasteiger partial charge >= 0.3 is 5.97 Å². The number of aliphatic hydroxyl groups excluding tert-OH is 2. The molecule has 0 aromatic heterocycles. The van der Waals surface area contributed by atoms with Crippen molar-refractivity contribution >= 4 is 17.8 Å². The predicted octanol–water partition coefficient (Wildman–Crippen LogP) is 2.95. The molecule has 0 fully saturated rings. The molecule has 2 aromatic carbocycles. The molecule has 2 aromatic rings. The van der Waals surface area contributed by atoms with Crippen molar-refractivity contribution in [1.82, 2.24) is 0 Å². The minimum Gasteiger partial charge on any atom is -0.507 e. The molecule has 0 amide bonds. The number of fused-ring (bicyclic) bond motifs is 1. The van der Waals surface area contributed by atoms with Gasteiger partial charge in [0.2, 0.25) is 0 Å². The van der Waals surface area contributed by atoms with Crippen molar-refractivity contribution in [3.8, 4) is 11.5 Å². The fourth-order valence-corrected chi connectivity index (χ4v) is 3.26. The molecule has 162 valence electrons. The van der Waals surface area contributed by atoms with E-state index >= 15 is 0 Å². The van der Waals surface area contributed by atoms with E-state index < -0.39 is 30.1 Å². The zero-order valence-corrected chi connectivity index (χ0v) is 17.0. The maximum atomic E-state index is 13.0. The Kier molecular flexibility index (Phi) is 7.23. The molecule has 0 aliphatic carbocycles. The summed E-state index contributed by atoms with van der Waals surface area (Å²) in [4.78, 5) is 25.2. The highest BCUT2D eigenvalue weighted by Crippen LogP contribution is 2.32. The SMILES string of the molecule is COc1cc(O)c2c(c1)/C=C/C[C@H](O)[C@H](O)C(=O)/C=C\CC(c1ccccc1)OC2=O. The van der Waals surface area contributed by atoms with Crippen molar-refractivity contribution in [2.75, 3.05) is 7.11 Å². The minimum absolute atomic E-state index is 0.0418. The van der Waals surface area contributed by atoms with Crippen LogP contribution in [0.15, 0.2) is 60.7 Å². The number of hydrogen-bond acceptors (Lipinski definition) is 7. The summed E-state index contributed by atoms with van der Waals surface area (Å²) in [5, 5.41) is 30.7. The third-order valence-corrected chi connectivity index (χ3v) is 4.95. The van der Waals surface area contributed by atoms with Crippen LogP contribution in [-0.2, 0) is 9.53 Å². The summed E-state index contributed by atoms with van der Waals surface area (Å²) in [6, 6.07) is 11.8. The highest BCUT2D eigenvalue weighted by molar-refractivity contribution is 5.97. The third kappa shape index (κ3) is 5.39. The zero-order valence-electron chi connectivity index (χ0n) is 17.0. The van der Waals surface area contributed by atoms with Gasteiger partial charge in [0.1, 0.15) is 29.3 Å². The van der Waals surface area contributed by atoms with Crippen LogP contribution in [0.4, 0.5) is 0 Å². The summed E-state index contributed by atoms with van der Waals surface area (Å²) in [6.45, 7) is 0. The fourth-order valence-electron chi connectivity index (χ4n) is 3.26. The second kappa shape index (κ2) is 10.1. The van der Waals surface area contributed by atoms with Crippen molar-refractivity contribution in [3.05, 3.63) is 77.4 Å². The first-order chi connectivity index (χ1) is 14.9. The number of cyclic esters (lactones) is 1. The summed E-state index contributed by atoms with van der Waals surface area (Å²) in [7, 11) is 1.43. The van der Waals surface area contributed by atoms with E-state index in [4.69, 9.17) is 9.47 Å². The van der Waals surface area contributed by atoms with Crippen LogP contribution in [0, 0.1) is 0 Å². The molecule has 0 spiro atoms. The van der Waals surface area contributed by atoms with Crippen LogP contribution in [0.25, 0.3) is 6.08 Å². The predicted molar refractivity (Wildman–Crippen MR) is 114 cm³/mol.